The Kier molecular flexibility index (Phi) is 4.44. The van der Waals surface area contributed by atoms with E-state index in [9.17, 15) is 4.79 Å². The van der Waals surface area contributed by atoms with E-state index < -0.39 is 0 Å². The summed E-state index contributed by atoms with van der Waals surface area (Å²) in [7, 11) is 0. The molecule has 4 rings (SSSR count). The van der Waals surface area contributed by atoms with Crippen LogP contribution in [-0.4, -0.2) is 11.1 Å². The number of carbonyl (C=O) groups is 1. The molecule has 0 aromatic carbocycles. The number of ketones is 1. The van der Waals surface area contributed by atoms with Crippen molar-refractivity contribution in [2.24, 2.45) is 46.8 Å². The van der Waals surface area contributed by atoms with Gasteiger partial charge in [-0.2, -0.15) is 0 Å². The molecule has 130 valence electrons. The van der Waals surface area contributed by atoms with E-state index in [-0.39, 0.29) is 0 Å². The average molecular weight is 381 g/mol. The van der Waals surface area contributed by atoms with Gasteiger partial charge in [-0.25, -0.2) is 0 Å². The predicted octanol–water partition coefficient (Wildman–Crippen LogP) is 5.86. The van der Waals surface area contributed by atoms with Gasteiger partial charge < -0.3 is 0 Å². The Balaban J connectivity index is 1.55. The van der Waals surface area contributed by atoms with Gasteiger partial charge in [0, 0.05) is 5.92 Å². The van der Waals surface area contributed by atoms with Crippen LogP contribution in [0.3, 0.4) is 0 Å². The second-order valence-electron chi connectivity index (χ2n) is 9.63. The Morgan fingerprint density at radius 2 is 1.78 bits per heavy atom. The van der Waals surface area contributed by atoms with Gasteiger partial charge in [0.15, 0.2) is 0 Å². The van der Waals surface area contributed by atoms with E-state index in [0.717, 1.165) is 35.5 Å². The Morgan fingerprint density at radius 3 is 2.57 bits per heavy atom. The molecule has 4 aliphatic rings. The number of halogens is 1. The standard InChI is InChI=1S/C21H33BrO/c1-13-3-5-15-14(11-13)4-6-17-16(15)9-10-21(2)18(17)7-8-19(21)20(23)12-22/h13-19H,3-12H2,1-2H3/t13?,14?,15?,16-,17?,18+,19?,21?/m1/s1. The number of alkyl halides is 1. The first-order valence-corrected chi connectivity index (χ1v) is 11.3. The van der Waals surface area contributed by atoms with Crippen LogP contribution < -0.4 is 0 Å². The summed E-state index contributed by atoms with van der Waals surface area (Å²) >= 11 is 3.44. The molecule has 0 radical (unpaired) electrons. The molecule has 4 aliphatic carbocycles. The Bertz CT molecular complexity index is 474. The SMILES string of the molecule is CC1CCC2C(CCC3[C@@H]2CCC2(C)C(C(=O)CBr)CC[C@@H]32)C1. The van der Waals surface area contributed by atoms with Crippen molar-refractivity contribution >= 4 is 21.7 Å². The second kappa shape index (κ2) is 6.15. The molecule has 0 aliphatic heterocycles. The molecule has 0 heterocycles. The number of rotatable bonds is 2. The third-order valence-corrected chi connectivity index (χ3v) is 9.29. The van der Waals surface area contributed by atoms with Gasteiger partial charge in [-0.15, -0.1) is 0 Å². The summed E-state index contributed by atoms with van der Waals surface area (Å²) in [5, 5.41) is 0.566. The van der Waals surface area contributed by atoms with E-state index in [1.165, 1.54) is 57.8 Å². The van der Waals surface area contributed by atoms with Crippen LogP contribution in [0, 0.1) is 46.8 Å². The van der Waals surface area contributed by atoms with Gasteiger partial charge in [-0.05, 0) is 92.3 Å². The zero-order chi connectivity index (χ0) is 16.2. The molecule has 0 aromatic heterocycles. The zero-order valence-corrected chi connectivity index (χ0v) is 16.5. The molecule has 0 amide bonds. The van der Waals surface area contributed by atoms with Gasteiger partial charge in [0.05, 0.1) is 5.33 Å². The maximum atomic E-state index is 12.5. The third kappa shape index (κ3) is 2.57. The summed E-state index contributed by atoms with van der Waals surface area (Å²) in [5.74, 6) is 6.63. The lowest BCUT2D eigenvalue weighted by atomic mass is 9.49. The minimum atomic E-state index is 0.320. The summed E-state index contributed by atoms with van der Waals surface area (Å²) in [6.45, 7) is 4.94. The van der Waals surface area contributed by atoms with Crippen molar-refractivity contribution in [3.05, 3.63) is 0 Å². The fourth-order valence-electron chi connectivity index (χ4n) is 7.71. The van der Waals surface area contributed by atoms with Gasteiger partial charge in [0.1, 0.15) is 5.78 Å². The minimum Gasteiger partial charge on any atom is -0.298 e. The topological polar surface area (TPSA) is 17.1 Å². The van der Waals surface area contributed by atoms with Gasteiger partial charge in [-0.3, -0.25) is 4.79 Å². The van der Waals surface area contributed by atoms with Gasteiger partial charge in [0.2, 0.25) is 0 Å². The number of fused-ring (bicyclic) bond motifs is 5. The first kappa shape index (κ1) is 16.6. The van der Waals surface area contributed by atoms with Crippen molar-refractivity contribution in [2.45, 2.75) is 71.6 Å². The Morgan fingerprint density at radius 1 is 1.00 bits per heavy atom. The molecule has 0 spiro atoms. The third-order valence-electron chi connectivity index (χ3n) is 8.74. The van der Waals surface area contributed by atoms with Gasteiger partial charge in [0.25, 0.3) is 0 Å². The molecule has 1 nitrogen and oxygen atoms in total. The molecular weight excluding hydrogens is 348 g/mol. The highest BCUT2D eigenvalue weighted by atomic mass is 79.9. The predicted molar refractivity (Wildman–Crippen MR) is 98.6 cm³/mol. The highest BCUT2D eigenvalue weighted by Crippen LogP contribution is 2.64. The van der Waals surface area contributed by atoms with Crippen LogP contribution >= 0.6 is 15.9 Å². The monoisotopic (exact) mass is 380 g/mol. The number of hydrogen-bond donors (Lipinski definition) is 0. The Labute approximate surface area is 150 Å². The lowest BCUT2D eigenvalue weighted by Gasteiger charge is -2.56. The summed E-state index contributed by atoms with van der Waals surface area (Å²) in [5.41, 5.74) is 0.320. The maximum Gasteiger partial charge on any atom is 0.147 e. The molecule has 4 saturated carbocycles. The molecular formula is C21H33BrO. The minimum absolute atomic E-state index is 0.320. The molecule has 0 N–H and O–H groups in total. The van der Waals surface area contributed by atoms with Crippen molar-refractivity contribution in [2.75, 3.05) is 5.33 Å². The van der Waals surface area contributed by atoms with E-state index in [0.29, 0.717) is 22.4 Å². The number of Topliss-reactive ketones (excluding diaryl/α,β-unsaturated/α-hetero) is 1. The lowest BCUT2D eigenvalue weighted by Crippen LogP contribution is -2.49. The van der Waals surface area contributed by atoms with E-state index in [4.69, 9.17) is 0 Å². The molecule has 0 aromatic rings. The zero-order valence-electron chi connectivity index (χ0n) is 14.9. The summed E-state index contributed by atoms with van der Waals surface area (Å²) in [4.78, 5) is 12.5. The smallest absolute Gasteiger partial charge is 0.147 e. The van der Waals surface area contributed by atoms with Crippen LogP contribution in [0.4, 0.5) is 0 Å². The lowest BCUT2D eigenvalue weighted by molar-refractivity contribution is -0.127. The average Bonchev–Trinajstić information content (AvgIpc) is 2.90. The van der Waals surface area contributed by atoms with E-state index in [1.807, 2.05) is 0 Å². The van der Waals surface area contributed by atoms with Crippen molar-refractivity contribution in [1.82, 2.24) is 0 Å². The van der Waals surface area contributed by atoms with Crippen LogP contribution in [-0.2, 0) is 4.79 Å². The van der Waals surface area contributed by atoms with Crippen LogP contribution in [0.25, 0.3) is 0 Å². The van der Waals surface area contributed by atoms with Crippen LogP contribution in [0.2, 0.25) is 0 Å². The van der Waals surface area contributed by atoms with Gasteiger partial charge >= 0.3 is 0 Å². The highest BCUT2D eigenvalue weighted by Gasteiger charge is 2.57. The summed E-state index contributed by atoms with van der Waals surface area (Å²) in [6, 6.07) is 0. The number of carbonyl (C=O) groups excluding carboxylic acids is 1. The van der Waals surface area contributed by atoms with E-state index in [2.05, 4.69) is 29.8 Å². The van der Waals surface area contributed by atoms with Crippen LogP contribution in [0.15, 0.2) is 0 Å². The molecule has 0 saturated heterocycles. The van der Waals surface area contributed by atoms with Crippen molar-refractivity contribution < 1.29 is 4.79 Å². The summed E-state index contributed by atoms with van der Waals surface area (Å²) < 4.78 is 0. The fraction of sp³-hybridized carbons (Fsp3) is 0.952. The molecule has 6 unspecified atom stereocenters. The van der Waals surface area contributed by atoms with Gasteiger partial charge in [-0.1, -0.05) is 36.2 Å². The van der Waals surface area contributed by atoms with Crippen molar-refractivity contribution in [3.8, 4) is 0 Å². The van der Waals surface area contributed by atoms with Crippen molar-refractivity contribution in [1.29, 1.82) is 0 Å². The second-order valence-corrected chi connectivity index (χ2v) is 10.2. The van der Waals surface area contributed by atoms with E-state index in [1.54, 1.807) is 0 Å². The quantitative estimate of drug-likeness (QED) is 0.548. The van der Waals surface area contributed by atoms with Crippen molar-refractivity contribution in [3.63, 3.8) is 0 Å². The molecule has 8 atom stereocenters. The van der Waals surface area contributed by atoms with Crippen LogP contribution in [0.1, 0.15) is 71.6 Å². The van der Waals surface area contributed by atoms with Crippen LogP contribution in [0.5, 0.6) is 0 Å². The fourth-order valence-corrected chi connectivity index (χ4v) is 8.10. The Hall–Kier alpha value is 0.150. The highest BCUT2D eigenvalue weighted by molar-refractivity contribution is 9.09. The first-order chi connectivity index (χ1) is 11.0. The summed E-state index contributed by atoms with van der Waals surface area (Å²) in [6.07, 6.45) is 12.7. The molecule has 4 fully saturated rings. The van der Waals surface area contributed by atoms with E-state index >= 15 is 0 Å². The molecule has 2 heteroatoms. The first-order valence-electron chi connectivity index (χ1n) is 10.1. The molecule has 0 bridgehead atoms. The molecule has 23 heavy (non-hydrogen) atoms. The largest absolute Gasteiger partial charge is 0.298 e. The number of hydrogen-bond acceptors (Lipinski definition) is 1. The maximum absolute atomic E-state index is 12.5. The normalized spacial score (nSPS) is 52.4.